The Morgan fingerprint density at radius 1 is 0.692 bits per heavy atom. The lowest BCUT2D eigenvalue weighted by Crippen LogP contribution is -2.31. The van der Waals surface area contributed by atoms with Gasteiger partial charge in [-0.3, -0.25) is 0 Å². The highest BCUT2D eigenvalue weighted by atomic mass is 15.0. The van der Waals surface area contributed by atoms with Crippen LogP contribution in [0.2, 0.25) is 0 Å². The van der Waals surface area contributed by atoms with Crippen LogP contribution in [0.5, 0.6) is 0 Å². The predicted octanol–water partition coefficient (Wildman–Crippen LogP) is 5.82. The van der Waals surface area contributed by atoms with Crippen LogP contribution in [0.1, 0.15) is 17.7 Å². The molecule has 0 saturated heterocycles. The van der Waals surface area contributed by atoms with E-state index in [2.05, 4.69) is 89.6 Å². The second kappa shape index (κ2) is 5.15. The molecule has 0 spiro atoms. The van der Waals surface area contributed by atoms with Gasteiger partial charge in [0.05, 0.1) is 0 Å². The number of aromatic nitrogens is 1. The first-order valence-corrected chi connectivity index (χ1v) is 9.24. The quantitative estimate of drug-likeness (QED) is 0.269. The average Bonchev–Trinajstić information content (AvgIpc) is 3.10. The summed E-state index contributed by atoms with van der Waals surface area (Å²) in [7, 11) is 0. The van der Waals surface area contributed by atoms with Crippen molar-refractivity contribution < 1.29 is 4.57 Å². The monoisotopic (exact) mass is 332 g/mol. The fourth-order valence-corrected chi connectivity index (χ4v) is 4.55. The topological polar surface area (TPSA) is 3.88 Å². The number of rotatable bonds is 1. The molecule has 4 aromatic carbocycles. The summed E-state index contributed by atoms with van der Waals surface area (Å²) in [5.41, 5.74) is 4.10. The van der Waals surface area contributed by atoms with Gasteiger partial charge in [0.2, 0.25) is 5.69 Å². The van der Waals surface area contributed by atoms with Gasteiger partial charge < -0.3 is 0 Å². The van der Waals surface area contributed by atoms with Crippen molar-refractivity contribution in [3.05, 3.63) is 90.3 Å². The molecule has 0 bridgehead atoms. The van der Waals surface area contributed by atoms with Crippen molar-refractivity contribution >= 4 is 44.0 Å². The smallest absolute Gasteiger partial charge is 0.198 e. The summed E-state index contributed by atoms with van der Waals surface area (Å²) in [6.07, 6.45) is 5.68. The first kappa shape index (κ1) is 14.0. The molecular weight excluding hydrogens is 314 g/mol. The highest BCUT2D eigenvalue weighted by Gasteiger charge is 2.23. The van der Waals surface area contributed by atoms with Crippen molar-refractivity contribution in [2.24, 2.45) is 0 Å². The van der Waals surface area contributed by atoms with Crippen molar-refractivity contribution in [1.29, 1.82) is 0 Å². The largest absolute Gasteiger partial charge is 0.208 e. The van der Waals surface area contributed by atoms with Crippen molar-refractivity contribution in [3.8, 4) is 0 Å². The van der Waals surface area contributed by atoms with E-state index in [1.165, 1.54) is 49.1 Å². The molecule has 0 fully saturated rings. The Kier molecular flexibility index (Phi) is 2.78. The van der Waals surface area contributed by atoms with Crippen molar-refractivity contribution in [3.63, 3.8) is 0 Å². The molecule has 0 amide bonds. The number of hydrogen-bond acceptors (Lipinski definition) is 0. The van der Waals surface area contributed by atoms with Crippen LogP contribution in [-0.4, -0.2) is 0 Å². The lowest BCUT2D eigenvalue weighted by atomic mass is 9.91. The first-order chi connectivity index (χ1) is 12.9. The maximum Gasteiger partial charge on any atom is 0.208 e. The van der Waals surface area contributed by atoms with E-state index in [-0.39, 0.29) is 0 Å². The van der Waals surface area contributed by atoms with E-state index in [9.17, 15) is 0 Å². The summed E-state index contributed by atoms with van der Waals surface area (Å²) in [5, 5.41) is 8.12. The second-order valence-electron chi connectivity index (χ2n) is 7.21. The molecular formula is C25H18N+. The third kappa shape index (κ3) is 1.89. The normalized spacial score (nSPS) is 15.5. The fraction of sp³-hybridized carbons (Fsp3) is 0.0800. The Bertz CT molecular complexity index is 1310. The summed E-state index contributed by atoms with van der Waals surface area (Å²) in [5.74, 6) is 0. The van der Waals surface area contributed by atoms with Gasteiger partial charge in [0.25, 0.3) is 0 Å². The fourth-order valence-electron chi connectivity index (χ4n) is 4.55. The van der Waals surface area contributed by atoms with E-state index >= 15 is 0 Å². The molecule has 1 aromatic heterocycles. The minimum Gasteiger partial charge on any atom is -0.198 e. The number of allylic oxidation sites excluding steroid dienone is 1. The predicted molar refractivity (Wildman–Crippen MR) is 109 cm³/mol. The molecule has 0 aliphatic carbocycles. The van der Waals surface area contributed by atoms with Crippen LogP contribution in [-0.2, 0) is 6.54 Å². The van der Waals surface area contributed by atoms with Gasteiger partial charge >= 0.3 is 0 Å². The van der Waals surface area contributed by atoms with E-state index in [0.717, 1.165) is 13.0 Å². The summed E-state index contributed by atoms with van der Waals surface area (Å²) >= 11 is 0. The second-order valence-corrected chi connectivity index (χ2v) is 7.21. The molecule has 5 aromatic rings. The number of pyridine rings is 1. The van der Waals surface area contributed by atoms with E-state index < -0.39 is 0 Å². The van der Waals surface area contributed by atoms with Gasteiger partial charge in [-0.2, -0.15) is 4.57 Å². The standard InChI is InChI=1S/C25H18N/c1-2-14-26-15-13-21(23(26)6-1)16-20-10-9-19-8-7-17-4-3-5-18-11-12-22(20)25(19)24(17)18/h1-12,14,16H,13,15H2/q+1. The van der Waals surface area contributed by atoms with E-state index in [1.54, 1.807) is 0 Å². The number of fused-ring (bicyclic) bond motifs is 1. The van der Waals surface area contributed by atoms with E-state index in [1.807, 2.05) is 0 Å². The van der Waals surface area contributed by atoms with E-state index in [0.29, 0.717) is 0 Å². The minimum absolute atomic E-state index is 1.08. The molecule has 0 unspecified atom stereocenters. The molecule has 122 valence electrons. The van der Waals surface area contributed by atoms with Crippen molar-refractivity contribution in [2.75, 3.05) is 0 Å². The SMILES string of the molecule is C(=C1CC[n+]2ccccc21)c1ccc2ccc3cccc4ccc1c2c34. The highest BCUT2D eigenvalue weighted by molar-refractivity contribution is 6.24. The Balaban J connectivity index is 1.67. The number of benzene rings is 4. The molecule has 1 nitrogen and oxygen atoms in total. The molecule has 26 heavy (non-hydrogen) atoms. The Morgan fingerprint density at radius 3 is 2.35 bits per heavy atom. The Morgan fingerprint density at radius 2 is 1.46 bits per heavy atom. The van der Waals surface area contributed by atoms with E-state index in [4.69, 9.17) is 0 Å². The Labute approximate surface area is 152 Å². The lowest BCUT2D eigenvalue weighted by Gasteiger charge is -2.12. The molecule has 0 N–H and O–H groups in total. The molecule has 1 aliphatic rings. The van der Waals surface area contributed by atoms with Crippen LogP contribution in [0.4, 0.5) is 0 Å². The van der Waals surface area contributed by atoms with Crippen LogP contribution in [0.15, 0.2) is 79.0 Å². The van der Waals surface area contributed by atoms with Gasteiger partial charge in [-0.05, 0) is 50.0 Å². The first-order valence-electron chi connectivity index (χ1n) is 9.24. The molecule has 1 aliphatic heterocycles. The maximum atomic E-state index is 2.39. The van der Waals surface area contributed by atoms with Gasteiger partial charge in [0, 0.05) is 24.1 Å². The number of aryl methyl sites for hydroxylation is 1. The minimum atomic E-state index is 1.08. The van der Waals surface area contributed by atoms with Crippen LogP contribution in [0, 0.1) is 0 Å². The molecule has 2 heterocycles. The Hall–Kier alpha value is -3.19. The lowest BCUT2D eigenvalue weighted by molar-refractivity contribution is -0.689. The third-order valence-corrected chi connectivity index (χ3v) is 5.78. The van der Waals surface area contributed by atoms with Gasteiger partial charge in [-0.25, -0.2) is 0 Å². The summed E-state index contributed by atoms with van der Waals surface area (Å²) in [4.78, 5) is 0. The van der Waals surface area contributed by atoms with Gasteiger partial charge in [0.15, 0.2) is 12.7 Å². The summed E-state index contributed by atoms with van der Waals surface area (Å²) in [6, 6.07) is 26.7. The summed E-state index contributed by atoms with van der Waals surface area (Å²) < 4.78 is 2.35. The van der Waals surface area contributed by atoms with Crippen molar-refractivity contribution in [1.82, 2.24) is 0 Å². The molecule has 0 atom stereocenters. The zero-order valence-corrected chi connectivity index (χ0v) is 14.4. The summed E-state index contributed by atoms with van der Waals surface area (Å²) in [6.45, 7) is 1.08. The van der Waals surface area contributed by atoms with Crippen LogP contribution >= 0.6 is 0 Å². The van der Waals surface area contributed by atoms with Crippen LogP contribution in [0.3, 0.4) is 0 Å². The average molecular weight is 332 g/mol. The zero-order valence-electron chi connectivity index (χ0n) is 14.4. The maximum absolute atomic E-state index is 2.39. The van der Waals surface area contributed by atoms with Gasteiger partial charge in [-0.15, -0.1) is 0 Å². The van der Waals surface area contributed by atoms with Gasteiger partial charge in [-0.1, -0.05) is 54.6 Å². The number of hydrogen-bond donors (Lipinski definition) is 0. The van der Waals surface area contributed by atoms with Crippen LogP contribution < -0.4 is 4.57 Å². The molecule has 6 rings (SSSR count). The van der Waals surface area contributed by atoms with Crippen LogP contribution in [0.25, 0.3) is 44.0 Å². The third-order valence-electron chi connectivity index (χ3n) is 5.78. The highest BCUT2D eigenvalue weighted by Crippen LogP contribution is 2.37. The molecule has 1 heteroatoms. The zero-order chi connectivity index (χ0) is 17.1. The number of nitrogens with zero attached hydrogens (tertiary/aromatic N) is 1. The van der Waals surface area contributed by atoms with Gasteiger partial charge in [0.1, 0.15) is 0 Å². The molecule has 0 saturated carbocycles. The molecule has 0 radical (unpaired) electrons. The van der Waals surface area contributed by atoms with Crippen molar-refractivity contribution in [2.45, 2.75) is 13.0 Å².